The maximum Gasteiger partial charge on any atom is 0.350 e. The van der Waals surface area contributed by atoms with Gasteiger partial charge < -0.3 is 4.74 Å². The van der Waals surface area contributed by atoms with Gasteiger partial charge in [-0.1, -0.05) is 15.9 Å². The van der Waals surface area contributed by atoms with Crippen molar-refractivity contribution in [1.29, 1.82) is 0 Å². The summed E-state index contributed by atoms with van der Waals surface area (Å²) in [5, 5.41) is 3.90. The molecule has 0 unspecified atom stereocenters. The van der Waals surface area contributed by atoms with Crippen LogP contribution >= 0.6 is 15.9 Å². The van der Waals surface area contributed by atoms with Gasteiger partial charge in [-0.2, -0.15) is 5.10 Å². The van der Waals surface area contributed by atoms with E-state index in [0.717, 1.165) is 4.57 Å². The van der Waals surface area contributed by atoms with Gasteiger partial charge in [0, 0.05) is 11.6 Å². The molecule has 7 heteroatoms. The molecule has 18 heavy (non-hydrogen) atoms. The van der Waals surface area contributed by atoms with Gasteiger partial charge in [-0.25, -0.2) is 18.4 Å². The van der Waals surface area contributed by atoms with Crippen LogP contribution in [0, 0.1) is 5.82 Å². The first-order chi connectivity index (χ1) is 8.63. The van der Waals surface area contributed by atoms with E-state index in [9.17, 15) is 9.18 Å². The minimum atomic E-state index is -0.488. The fourth-order valence-electron chi connectivity index (χ4n) is 1.51. The second-order valence-electron chi connectivity index (χ2n) is 3.60. The van der Waals surface area contributed by atoms with Crippen molar-refractivity contribution in [3.63, 3.8) is 0 Å². The van der Waals surface area contributed by atoms with Crippen LogP contribution in [0.3, 0.4) is 0 Å². The average molecular weight is 316 g/mol. The maximum atomic E-state index is 13.7. The molecule has 96 valence electrons. The monoisotopic (exact) mass is 315 g/mol. The van der Waals surface area contributed by atoms with Crippen LogP contribution in [0.25, 0.3) is 5.69 Å². The van der Waals surface area contributed by atoms with E-state index in [2.05, 4.69) is 21.0 Å². The molecule has 5 nitrogen and oxygen atoms in total. The minimum absolute atomic E-state index is 0.173. The molecule has 0 N–H and O–H groups in total. The molecular formula is C11H11BrFN3O2. The highest BCUT2D eigenvalue weighted by Crippen LogP contribution is 2.17. The van der Waals surface area contributed by atoms with Gasteiger partial charge in [-0.05, 0) is 18.2 Å². The van der Waals surface area contributed by atoms with Gasteiger partial charge in [0.2, 0.25) is 0 Å². The Morgan fingerprint density at radius 1 is 1.50 bits per heavy atom. The van der Waals surface area contributed by atoms with Gasteiger partial charge >= 0.3 is 5.69 Å². The first-order valence-corrected chi connectivity index (χ1v) is 6.01. The minimum Gasteiger partial charge on any atom is -0.383 e. The number of hydrogen-bond acceptors (Lipinski definition) is 3. The van der Waals surface area contributed by atoms with E-state index < -0.39 is 11.5 Å². The highest BCUT2D eigenvalue weighted by molar-refractivity contribution is 9.10. The van der Waals surface area contributed by atoms with Gasteiger partial charge in [0.05, 0.1) is 18.8 Å². The van der Waals surface area contributed by atoms with Crippen LogP contribution in [0.5, 0.6) is 0 Å². The fourth-order valence-corrected chi connectivity index (χ4v) is 1.84. The molecule has 0 saturated heterocycles. The van der Waals surface area contributed by atoms with Crippen LogP contribution in [0.4, 0.5) is 4.39 Å². The van der Waals surface area contributed by atoms with Gasteiger partial charge in [-0.3, -0.25) is 0 Å². The second kappa shape index (κ2) is 5.45. The second-order valence-corrected chi connectivity index (χ2v) is 4.51. The van der Waals surface area contributed by atoms with Crippen molar-refractivity contribution in [3.05, 3.63) is 45.3 Å². The van der Waals surface area contributed by atoms with Crippen molar-refractivity contribution in [2.75, 3.05) is 13.7 Å². The summed E-state index contributed by atoms with van der Waals surface area (Å²) in [6.07, 6.45) is 1.30. The Kier molecular flexibility index (Phi) is 3.93. The molecule has 2 aromatic rings. The Hall–Kier alpha value is -1.47. The van der Waals surface area contributed by atoms with E-state index in [-0.39, 0.29) is 5.69 Å². The average Bonchev–Trinajstić information content (AvgIpc) is 2.68. The van der Waals surface area contributed by atoms with Crippen LogP contribution in [0.2, 0.25) is 0 Å². The summed E-state index contributed by atoms with van der Waals surface area (Å²) in [5.74, 6) is -0.488. The highest BCUT2D eigenvalue weighted by atomic mass is 79.9. The van der Waals surface area contributed by atoms with E-state index >= 15 is 0 Å². The molecule has 0 fully saturated rings. The topological polar surface area (TPSA) is 49.0 Å². The summed E-state index contributed by atoms with van der Waals surface area (Å²) in [6, 6.07) is 4.48. The molecule has 0 aliphatic rings. The van der Waals surface area contributed by atoms with Crippen LogP contribution in [0.15, 0.2) is 33.8 Å². The zero-order chi connectivity index (χ0) is 13.1. The molecule has 0 aliphatic heterocycles. The largest absolute Gasteiger partial charge is 0.383 e. The Labute approximate surface area is 111 Å². The lowest BCUT2D eigenvalue weighted by atomic mass is 10.3. The number of aromatic nitrogens is 3. The summed E-state index contributed by atoms with van der Waals surface area (Å²) in [7, 11) is 1.54. The Morgan fingerprint density at radius 2 is 2.28 bits per heavy atom. The summed E-state index contributed by atoms with van der Waals surface area (Å²) >= 11 is 3.16. The quantitative estimate of drug-likeness (QED) is 0.860. The zero-order valence-electron chi connectivity index (χ0n) is 9.64. The summed E-state index contributed by atoms with van der Waals surface area (Å²) in [5.41, 5.74) is -0.222. The maximum absolute atomic E-state index is 13.7. The number of benzene rings is 1. The smallest absolute Gasteiger partial charge is 0.350 e. The number of nitrogens with zero attached hydrogens (tertiary/aromatic N) is 3. The highest BCUT2D eigenvalue weighted by Gasteiger charge is 2.10. The molecule has 0 saturated carbocycles. The lowest BCUT2D eigenvalue weighted by molar-refractivity contribution is 0.182. The van der Waals surface area contributed by atoms with Crippen molar-refractivity contribution in [2.24, 2.45) is 0 Å². The third-order valence-corrected chi connectivity index (χ3v) is 2.90. The number of hydrogen-bond donors (Lipinski definition) is 0. The van der Waals surface area contributed by atoms with Crippen LogP contribution in [-0.2, 0) is 11.3 Å². The molecule has 2 rings (SSSR count). The molecule has 0 bridgehead atoms. The standard InChI is InChI=1S/C11H11BrFN3O2/c1-18-5-4-16-11(17)15(7-14-16)10-3-2-8(12)6-9(10)13/h2-3,6-7H,4-5H2,1H3. The predicted octanol–water partition coefficient (Wildman–Crippen LogP) is 1.58. The molecule has 0 amide bonds. The van der Waals surface area contributed by atoms with Crippen molar-refractivity contribution in [3.8, 4) is 5.69 Å². The normalized spacial score (nSPS) is 10.8. The number of ether oxygens (including phenoxy) is 1. The molecule has 0 aliphatic carbocycles. The first-order valence-electron chi connectivity index (χ1n) is 5.22. The third-order valence-electron chi connectivity index (χ3n) is 2.41. The van der Waals surface area contributed by atoms with Crippen molar-refractivity contribution < 1.29 is 9.13 Å². The molecule has 1 aromatic carbocycles. The lowest BCUT2D eigenvalue weighted by Crippen LogP contribution is -2.25. The van der Waals surface area contributed by atoms with Gasteiger partial charge in [0.1, 0.15) is 12.1 Å². The Bertz CT molecular complexity index is 609. The molecule has 0 atom stereocenters. The fraction of sp³-hybridized carbons (Fsp3) is 0.273. The van der Waals surface area contributed by atoms with Gasteiger partial charge in [0.15, 0.2) is 0 Å². The SMILES string of the molecule is COCCn1ncn(-c2ccc(Br)cc2F)c1=O. The van der Waals surface area contributed by atoms with Crippen LogP contribution < -0.4 is 5.69 Å². The van der Waals surface area contributed by atoms with E-state index in [0.29, 0.717) is 17.6 Å². The van der Waals surface area contributed by atoms with Crippen LogP contribution in [0.1, 0.15) is 0 Å². The summed E-state index contributed by atoms with van der Waals surface area (Å²) in [6.45, 7) is 0.709. The Morgan fingerprint density at radius 3 is 2.94 bits per heavy atom. The number of halogens is 2. The van der Waals surface area contributed by atoms with E-state index in [4.69, 9.17) is 4.74 Å². The van der Waals surface area contributed by atoms with E-state index in [1.807, 2.05) is 0 Å². The number of rotatable bonds is 4. The predicted molar refractivity (Wildman–Crippen MR) is 67.4 cm³/mol. The molecule has 1 aromatic heterocycles. The van der Waals surface area contributed by atoms with E-state index in [1.165, 1.54) is 30.3 Å². The summed E-state index contributed by atoms with van der Waals surface area (Å²) < 4.78 is 21.6. The first kappa shape index (κ1) is 13.0. The van der Waals surface area contributed by atoms with Crippen LogP contribution in [-0.4, -0.2) is 28.1 Å². The van der Waals surface area contributed by atoms with Gasteiger partial charge in [-0.15, -0.1) is 0 Å². The Balaban J connectivity index is 2.39. The van der Waals surface area contributed by atoms with Crippen molar-refractivity contribution in [2.45, 2.75) is 6.54 Å². The van der Waals surface area contributed by atoms with Crippen molar-refractivity contribution >= 4 is 15.9 Å². The van der Waals surface area contributed by atoms with E-state index in [1.54, 1.807) is 6.07 Å². The molecule has 0 radical (unpaired) electrons. The lowest BCUT2D eigenvalue weighted by Gasteiger charge is -2.02. The molecule has 0 spiro atoms. The van der Waals surface area contributed by atoms with Crippen molar-refractivity contribution in [1.82, 2.24) is 14.3 Å². The molecular weight excluding hydrogens is 305 g/mol. The molecule has 1 heterocycles. The third kappa shape index (κ3) is 2.51. The van der Waals surface area contributed by atoms with Gasteiger partial charge in [0.25, 0.3) is 0 Å². The number of methoxy groups -OCH3 is 1. The zero-order valence-corrected chi connectivity index (χ0v) is 11.2. The summed E-state index contributed by atoms with van der Waals surface area (Å²) in [4.78, 5) is 11.9.